The van der Waals surface area contributed by atoms with E-state index in [0.29, 0.717) is 12.6 Å². The lowest BCUT2D eigenvalue weighted by Gasteiger charge is -2.25. The van der Waals surface area contributed by atoms with E-state index in [1.54, 1.807) is 0 Å². The molecule has 2 rings (SSSR count). The molecule has 0 aliphatic carbocycles. The first-order valence-electron chi connectivity index (χ1n) is 7.41. The van der Waals surface area contributed by atoms with Crippen molar-refractivity contribution in [3.63, 3.8) is 0 Å². The Morgan fingerprint density at radius 1 is 1.40 bits per heavy atom. The monoisotopic (exact) mass is 275 g/mol. The second-order valence-electron chi connectivity index (χ2n) is 5.71. The van der Waals surface area contributed by atoms with Gasteiger partial charge < -0.3 is 11.1 Å². The highest BCUT2D eigenvalue weighted by Gasteiger charge is 2.28. The van der Waals surface area contributed by atoms with Gasteiger partial charge in [-0.15, -0.1) is 0 Å². The number of nitrogens with zero attached hydrogens (tertiary/aromatic N) is 1. The molecule has 1 amide bonds. The van der Waals surface area contributed by atoms with E-state index in [-0.39, 0.29) is 17.9 Å². The summed E-state index contributed by atoms with van der Waals surface area (Å²) in [5.41, 5.74) is 6.86. The smallest absolute Gasteiger partial charge is 0.224 e. The van der Waals surface area contributed by atoms with Crippen LogP contribution in [0.5, 0.6) is 0 Å². The zero-order chi connectivity index (χ0) is 14.5. The van der Waals surface area contributed by atoms with Crippen molar-refractivity contribution in [2.45, 2.75) is 32.4 Å². The van der Waals surface area contributed by atoms with E-state index in [1.165, 1.54) is 5.56 Å². The number of rotatable bonds is 5. The Bertz CT molecular complexity index is 435. The van der Waals surface area contributed by atoms with Crippen molar-refractivity contribution < 1.29 is 4.79 Å². The third kappa shape index (κ3) is 3.58. The van der Waals surface area contributed by atoms with E-state index >= 15 is 0 Å². The fourth-order valence-corrected chi connectivity index (χ4v) is 2.65. The largest absolute Gasteiger partial charge is 0.352 e. The number of benzene rings is 1. The Hall–Kier alpha value is -1.39. The summed E-state index contributed by atoms with van der Waals surface area (Å²) in [6.45, 7) is 6.44. The molecular formula is C16H25N3O. The second kappa shape index (κ2) is 6.86. The quantitative estimate of drug-likeness (QED) is 0.857. The number of likely N-dealkylation sites (tertiary alicyclic amines) is 1. The number of hydrogen-bond acceptors (Lipinski definition) is 3. The van der Waals surface area contributed by atoms with Crippen molar-refractivity contribution in [2.75, 3.05) is 19.6 Å². The number of carbonyl (C=O) groups is 1. The van der Waals surface area contributed by atoms with Gasteiger partial charge in [0.25, 0.3) is 0 Å². The van der Waals surface area contributed by atoms with E-state index in [9.17, 15) is 4.79 Å². The molecular weight excluding hydrogens is 250 g/mol. The third-order valence-electron chi connectivity index (χ3n) is 4.20. The van der Waals surface area contributed by atoms with Crippen LogP contribution in [-0.4, -0.2) is 36.5 Å². The van der Waals surface area contributed by atoms with Crippen LogP contribution < -0.4 is 11.1 Å². The van der Waals surface area contributed by atoms with Crippen LogP contribution in [0.25, 0.3) is 0 Å². The van der Waals surface area contributed by atoms with Crippen molar-refractivity contribution >= 4 is 5.91 Å². The van der Waals surface area contributed by atoms with Crippen LogP contribution in [0.3, 0.4) is 0 Å². The number of nitrogens with one attached hydrogen (secondary N) is 1. The summed E-state index contributed by atoms with van der Waals surface area (Å²) in [5, 5.41) is 3.11. The second-order valence-corrected chi connectivity index (χ2v) is 5.71. The van der Waals surface area contributed by atoms with Crippen molar-refractivity contribution in [2.24, 2.45) is 11.7 Å². The summed E-state index contributed by atoms with van der Waals surface area (Å²) in [4.78, 5) is 14.3. The maximum atomic E-state index is 11.9. The Kier molecular flexibility index (Phi) is 5.15. The number of carbonyl (C=O) groups excluding carboxylic acids is 1. The Balaban J connectivity index is 1.88. The molecule has 1 heterocycles. The summed E-state index contributed by atoms with van der Waals surface area (Å²) < 4.78 is 0. The highest BCUT2D eigenvalue weighted by Crippen LogP contribution is 2.24. The molecule has 0 aromatic heterocycles. The van der Waals surface area contributed by atoms with E-state index in [4.69, 9.17) is 5.73 Å². The number of nitrogens with two attached hydrogens (primary N) is 1. The highest BCUT2D eigenvalue weighted by molar-refractivity contribution is 5.78. The first kappa shape index (κ1) is 15.0. The summed E-state index contributed by atoms with van der Waals surface area (Å²) >= 11 is 0. The van der Waals surface area contributed by atoms with Crippen LogP contribution in [0.2, 0.25) is 0 Å². The molecule has 4 heteroatoms. The standard InChI is InChI=1S/C16H25N3O/c1-12(10-17)16(20)18-15-8-9-19(11-15)13(2)14-6-4-3-5-7-14/h3-7,12-13,15H,8-11,17H2,1-2H3,(H,18,20). The maximum Gasteiger partial charge on any atom is 0.224 e. The minimum atomic E-state index is -0.101. The van der Waals surface area contributed by atoms with E-state index in [0.717, 1.165) is 19.5 Å². The molecule has 1 aromatic rings. The molecule has 1 aliphatic rings. The Morgan fingerprint density at radius 2 is 2.10 bits per heavy atom. The van der Waals surface area contributed by atoms with Gasteiger partial charge in [-0.05, 0) is 18.9 Å². The summed E-state index contributed by atoms with van der Waals surface area (Å²) in [6.07, 6.45) is 1.01. The Morgan fingerprint density at radius 3 is 2.75 bits per heavy atom. The minimum absolute atomic E-state index is 0.0757. The van der Waals surface area contributed by atoms with Crippen LogP contribution in [0.4, 0.5) is 0 Å². The SMILES string of the molecule is CC(CN)C(=O)NC1CCN(C(C)c2ccccc2)C1. The van der Waals surface area contributed by atoms with Crippen molar-refractivity contribution in [3.8, 4) is 0 Å². The molecule has 3 atom stereocenters. The molecule has 1 aromatic carbocycles. The molecule has 0 bridgehead atoms. The summed E-state index contributed by atoms with van der Waals surface area (Å²) in [6, 6.07) is 11.2. The molecule has 0 spiro atoms. The van der Waals surface area contributed by atoms with Gasteiger partial charge in [0.1, 0.15) is 0 Å². The fraction of sp³-hybridized carbons (Fsp3) is 0.562. The average Bonchev–Trinajstić information content (AvgIpc) is 2.94. The predicted molar refractivity (Wildman–Crippen MR) is 81.2 cm³/mol. The number of hydrogen-bond donors (Lipinski definition) is 2. The molecule has 4 nitrogen and oxygen atoms in total. The summed E-state index contributed by atoms with van der Waals surface area (Å²) in [5.74, 6) is -0.0256. The van der Waals surface area contributed by atoms with E-state index < -0.39 is 0 Å². The molecule has 3 N–H and O–H groups in total. The molecule has 1 saturated heterocycles. The van der Waals surface area contributed by atoms with Crippen LogP contribution in [0, 0.1) is 5.92 Å². The van der Waals surface area contributed by atoms with Crippen molar-refractivity contribution in [3.05, 3.63) is 35.9 Å². The maximum absolute atomic E-state index is 11.9. The van der Waals surface area contributed by atoms with Gasteiger partial charge in [-0.1, -0.05) is 37.3 Å². The van der Waals surface area contributed by atoms with Gasteiger partial charge in [-0.2, -0.15) is 0 Å². The predicted octanol–water partition coefficient (Wildman–Crippen LogP) is 1.53. The molecule has 0 saturated carbocycles. The number of amides is 1. The molecule has 110 valence electrons. The average molecular weight is 275 g/mol. The first-order chi connectivity index (χ1) is 9.61. The topological polar surface area (TPSA) is 58.4 Å². The van der Waals surface area contributed by atoms with Gasteiger partial charge in [0.05, 0.1) is 0 Å². The van der Waals surface area contributed by atoms with Crippen LogP contribution in [-0.2, 0) is 4.79 Å². The summed E-state index contributed by atoms with van der Waals surface area (Å²) in [7, 11) is 0. The van der Waals surface area contributed by atoms with E-state index in [1.807, 2.05) is 13.0 Å². The van der Waals surface area contributed by atoms with Crippen LogP contribution in [0.15, 0.2) is 30.3 Å². The van der Waals surface area contributed by atoms with Gasteiger partial charge in [0.15, 0.2) is 0 Å². The van der Waals surface area contributed by atoms with Crippen LogP contribution in [0.1, 0.15) is 31.9 Å². The minimum Gasteiger partial charge on any atom is -0.352 e. The van der Waals surface area contributed by atoms with Gasteiger partial charge in [-0.25, -0.2) is 0 Å². The molecule has 1 aliphatic heterocycles. The molecule has 0 radical (unpaired) electrons. The Labute approximate surface area is 121 Å². The van der Waals surface area contributed by atoms with Gasteiger partial charge in [0.2, 0.25) is 5.91 Å². The molecule has 3 unspecified atom stereocenters. The van der Waals surface area contributed by atoms with Crippen LogP contribution >= 0.6 is 0 Å². The lowest BCUT2D eigenvalue weighted by molar-refractivity contribution is -0.124. The first-order valence-corrected chi connectivity index (χ1v) is 7.41. The van der Waals surface area contributed by atoms with Gasteiger partial charge in [-0.3, -0.25) is 9.69 Å². The van der Waals surface area contributed by atoms with Gasteiger partial charge >= 0.3 is 0 Å². The zero-order valence-corrected chi connectivity index (χ0v) is 12.4. The zero-order valence-electron chi connectivity index (χ0n) is 12.4. The van der Waals surface area contributed by atoms with Gasteiger partial charge in [0, 0.05) is 37.6 Å². The third-order valence-corrected chi connectivity index (χ3v) is 4.20. The lowest BCUT2D eigenvalue weighted by atomic mass is 10.1. The van der Waals surface area contributed by atoms with Crippen molar-refractivity contribution in [1.29, 1.82) is 0 Å². The van der Waals surface area contributed by atoms with Crippen molar-refractivity contribution in [1.82, 2.24) is 10.2 Å². The molecule has 20 heavy (non-hydrogen) atoms. The fourth-order valence-electron chi connectivity index (χ4n) is 2.65. The lowest BCUT2D eigenvalue weighted by Crippen LogP contribution is -2.41. The molecule has 1 fully saturated rings. The van der Waals surface area contributed by atoms with E-state index in [2.05, 4.69) is 41.4 Å². The highest BCUT2D eigenvalue weighted by atomic mass is 16.1. The normalized spacial score (nSPS) is 22.4.